The van der Waals surface area contributed by atoms with Crippen molar-refractivity contribution in [2.24, 2.45) is 11.8 Å². The van der Waals surface area contributed by atoms with Crippen LogP contribution < -0.4 is 10.6 Å². The van der Waals surface area contributed by atoms with Gasteiger partial charge in [-0.15, -0.1) is 0 Å². The van der Waals surface area contributed by atoms with Crippen molar-refractivity contribution in [2.75, 3.05) is 26.2 Å². The van der Waals surface area contributed by atoms with Crippen molar-refractivity contribution in [3.63, 3.8) is 0 Å². The van der Waals surface area contributed by atoms with Crippen molar-refractivity contribution < 1.29 is 0 Å². The minimum Gasteiger partial charge on any atom is -0.315 e. The highest BCUT2D eigenvalue weighted by molar-refractivity contribution is 4.70. The van der Waals surface area contributed by atoms with Crippen LogP contribution in [0.4, 0.5) is 0 Å². The van der Waals surface area contributed by atoms with Crippen LogP contribution in [0.2, 0.25) is 0 Å². The Morgan fingerprint density at radius 3 is 1.70 bits per heavy atom. The molecule has 60 valence electrons. The second kappa shape index (κ2) is 3.94. The van der Waals surface area contributed by atoms with Gasteiger partial charge < -0.3 is 10.6 Å². The molecule has 2 atom stereocenters. The Morgan fingerprint density at radius 2 is 1.30 bits per heavy atom. The van der Waals surface area contributed by atoms with E-state index in [1.54, 1.807) is 0 Å². The van der Waals surface area contributed by atoms with Gasteiger partial charge in [-0.05, 0) is 24.9 Å². The van der Waals surface area contributed by atoms with E-state index < -0.39 is 0 Å². The van der Waals surface area contributed by atoms with Crippen LogP contribution in [-0.2, 0) is 0 Å². The monoisotopic (exact) mass is 142 g/mol. The van der Waals surface area contributed by atoms with Gasteiger partial charge in [0.15, 0.2) is 0 Å². The summed E-state index contributed by atoms with van der Waals surface area (Å²) < 4.78 is 0. The van der Waals surface area contributed by atoms with Gasteiger partial charge in [0, 0.05) is 13.1 Å². The van der Waals surface area contributed by atoms with Crippen LogP contribution in [0.5, 0.6) is 0 Å². The molecule has 2 nitrogen and oxygen atoms in total. The summed E-state index contributed by atoms with van der Waals surface area (Å²) in [5.74, 6) is 1.63. The third kappa shape index (κ3) is 2.27. The molecule has 0 spiro atoms. The molecule has 1 fully saturated rings. The lowest BCUT2D eigenvalue weighted by Gasteiger charge is -2.23. The Balaban J connectivity index is 2.28. The van der Waals surface area contributed by atoms with E-state index in [0.29, 0.717) is 0 Å². The van der Waals surface area contributed by atoms with Gasteiger partial charge in [0.05, 0.1) is 0 Å². The second-order valence-electron chi connectivity index (χ2n) is 3.36. The first-order chi connectivity index (χ1) is 4.80. The number of hydrogen-bond donors (Lipinski definition) is 2. The normalized spacial score (nSPS) is 36.6. The number of nitrogens with one attached hydrogen (secondary N) is 2. The van der Waals surface area contributed by atoms with Crippen LogP contribution in [0.1, 0.15) is 13.8 Å². The summed E-state index contributed by atoms with van der Waals surface area (Å²) in [5, 5.41) is 6.81. The second-order valence-corrected chi connectivity index (χ2v) is 3.36. The zero-order valence-electron chi connectivity index (χ0n) is 6.98. The highest BCUT2D eigenvalue weighted by Crippen LogP contribution is 2.08. The van der Waals surface area contributed by atoms with E-state index in [0.717, 1.165) is 24.9 Å². The molecule has 0 bridgehead atoms. The highest BCUT2D eigenvalue weighted by atomic mass is 15.0. The molecule has 1 aliphatic heterocycles. The van der Waals surface area contributed by atoms with Crippen molar-refractivity contribution >= 4 is 0 Å². The molecular formula is C8H18N2. The first-order valence-corrected chi connectivity index (χ1v) is 4.22. The fourth-order valence-electron chi connectivity index (χ4n) is 1.24. The molecule has 0 amide bonds. The topological polar surface area (TPSA) is 24.1 Å². The minimum absolute atomic E-state index is 0.813. The highest BCUT2D eigenvalue weighted by Gasteiger charge is 2.12. The summed E-state index contributed by atoms with van der Waals surface area (Å²) >= 11 is 0. The molecule has 2 unspecified atom stereocenters. The lowest BCUT2D eigenvalue weighted by molar-refractivity contribution is 0.329. The van der Waals surface area contributed by atoms with E-state index in [1.807, 2.05) is 0 Å². The predicted octanol–water partition coefficient (Wildman–Crippen LogP) is 0.451. The van der Waals surface area contributed by atoms with E-state index in [2.05, 4.69) is 24.5 Å². The minimum atomic E-state index is 0.813. The molecular weight excluding hydrogens is 124 g/mol. The van der Waals surface area contributed by atoms with Gasteiger partial charge in [0.25, 0.3) is 0 Å². The van der Waals surface area contributed by atoms with Crippen LogP contribution in [0, 0.1) is 11.8 Å². The Labute approximate surface area is 63.4 Å². The molecule has 0 aromatic carbocycles. The van der Waals surface area contributed by atoms with E-state index in [9.17, 15) is 0 Å². The Kier molecular flexibility index (Phi) is 3.16. The lowest BCUT2D eigenvalue weighted by Crippen LogP contribution is -2.39. The SMILES string of the molecule is CC1CNCCNCC1C. The summed E-state index contributed by atoms with van der Waals surface area (Å²) in [6.45, 7) is 9.23. The largest absolute Gasteiger partial charge is 0.315 e. The molecule has 1 rings (SSSR count). The maximum Gasteiger partial charge on any atom is 0.00768 e. The van der Waals surface area contributed by atoms with Crippen molar-refractivity contribution in [2.45, 2.75) is 13.8 Å². The van der Waals surface area contributed by atoms with Crippen molar-refractivity contribution in [1.82, 2.24) is 10.6 Å². The predicted molar refractivity (Wildman–Crippen MR) is 44.1 cm³/mol. The maximum absolute atomic E-state index is 3.40. The summed E-state index contributed by atoms with van der Waals surface area (Å²) in [5.41, 5.74) is 0. The van der Waals surface area contributed by atoms with Crippen molar-refractivity contribution in [1.29, 1.82) is 0 Å². The van der Waals surface area contributed by atoms with Gasteiger partial charge in [-0.2, -0.15) is 0 Å². The molecule has 10 heavy (non-hydrogen) atoms. The van der Waals surface area contributed by atoms with Crippen LogP contribution >= 0.6 is 0 Å². The molecule has 2 N–H and O–H groups in total. The molecule has 1 heterocycles. The smallest absolute Gasteiger partial charge is 0.00768 e. The first kappa shape index (κ1) is 8.02. The fourth-order valence-corrected chi connectivity index (χ4v) is 1.24. The average Bonchev–Trinajstić information content (AvgIpc) is 1.92. The van der Waals surface area contributed by atoms with Gasteiger partial charge >= 0.3 is 0 Å². The first-order valence-electron chi connectivity index (χ1n) is 4.22. The zero-order chi connectivity index (χ0) is 7.40. The van der Waals surface area contributed by atoms with Crippen LogP contribution in [0.25, 0.3) is 0 Å². The van der Waals surface area contributed by atoms with Gasteiger partial charge in [-0.3, -0.25) is 0 Å². The zero-order valence-corrected chi connectivity index (χ0v) is 6.98. The molecule has 0 radical (unpaired) electrons. The Bertz CT molecular complexity index is 81.3. The molecule has 0 aliphatic carbocycles. The average molecular weight is 142 g/mol. The van der Waals surface area contributed by atoms with Crippen LogP contribution in [0.15, 0.2) is 0 Å². The van der Waals surface area contributed by atoms with E-state index in [1.165, 1.54) is 13.1 Å². The quantitative estimate of drug-likeness (QED) is 0.513. The van der Waals surface area contributed by atoms with E-state index >= 15 is 0 Å². The molecule has 0 aromatic heterocycles. The summed E-state index contributed by atoms with van der Waals surface area (Å²) in [7, 11) is 0. The number of hydrogen-bond acceptors (Lipinski definition) is 2. The van der Waals surface area contributed by atoms with Gasteiger partial charge in [-0.25, -0.2) is 0 Å². The van der Waals surface area contributed by atoms with Gasteiger partial charge in [-0.1, -0.05) is 13.8 Å². The third-order valence-corrected chi connectivity index (χ3v) is 2.38. The standard InChI is InChI=1S/C8H18N2/c1-7-5-9-3-4-10-6-8(7)2/h7-10H,3-6H2,1-2H3. The van der Waals surface area contributed by atoms with Gasteiger partial charge in [0.2, 0.25) is 0 Å². The molecule has 0 saturated carbocycles. The summed E-state index contributed by atoms with van der Waals surface area (Å²) in [4.78, 5) is 0. The van der Waals surface area contributed by atoms with E-state index in [-0.39, 0.29) is 0 Å². The van der Waals surface area contributed by atoms with Crippen molar-refractivity contribution in [3.05, 3.63) is 0 Å². The van der Waals surface area contributed by atoms with E-state index in [4.69, 9.17) is 0 Å². The summed E-state index contributed by atoms with van der Waals surface area (Å²) in [6, 6.07) is 0. The Hall–Kier alpha value is -0.0800. The van der Waals surface area contributed by atoms with Crippen molar-refractivity contribution in [3.8, 4) is 0 Å². The summed E-state index contributed by atoms with van der Waals surface area (Å²) in [6.07, 6.45) is 0. The third-order valence-electron chi connectivity index (χ3n) is 2.38. The van der Waals surface area contributed by atoms with Crippen LogP contribution in [0.3, 0.4) is 0 Å². The molecule has 1 aliphatic rings. The van der Waals surface area contributed by atoms with Gasteiger partial charge in [0.1, 0.15) is 0 Å². The molecule has 1 saturated heterocycles. The fraction of sp³-hybridized carbons (Fsp3) is 1.00. The Morgan fingerprint density at radius 1 is 0.900 bits per heavy atom. The number of rotatable bonds is 0. The lowest BCUT2D eigenvalue weighted by atomic mass is 9.95. The molecule has 2 heteroatoms. The van der Waals surface area contributed by atoms with Crippen LogP contribution in [-0.4, -0.2) is 26.2 Å². The maximum atomic E-state index is 3.40. The molecule has 0 aromatic rings.